The summed E-state index contributed by atoms with van der Waals surface area (Å²) in [7, 11) is 0. The van der Waals surface area contributed by atoms with Crippen LogP contribution in [-0.4, -0.2) is 37.2 Å². The van der Waals surface area contributed by atoms with Crippen LogP contribution in [0.15, 0.2) is 0 Å². The lowest BCUT2D eigenvalue weighted by Gasteiger charge is -2.18. The maximum absolute atomic E-state index is 12.9. The molecule has 0 spiro atoms. The largest absolute Gasteiger partial charge is 0.462 e. The third-order valence-corrected chi connectivity index (χ3v) is 16.2. The molecule has 0 saturated heterocycles. The third kappa shape index (κ3) is 54.7. The minimum absolute atomic E-state index is 0.0628. The van der Waals surface area contributed by atoms with E-state index in [9.17, 15) is 14.4 Å². The van der Waals surface area contributed by atoms with Gasteiger partial charge in [0.05, 0.1) is 0 Å². The number of hydrogen-bond acceptors (Lipinski definition) is 6. The van der Waals surface area contributed by atoms with Gasteiger partial charge in [-0.1, -0.05) is 330 Å². The van der Waals surface area contributed by atoms with E-state index in [2.05, 4.69) is 41.5 Å². The van der Waals surface area contributed by atoms with Crippen molar-refractivity contribution in [2.75, 3.05) is 13.2 Å². The second kappa shape index (κ2) is 57.1. The maximum atomic E-state index is 12.9. The fraction of sp³-hybridized carbons (Fsp3) is 0.955. The summed E-state index contributed by atoms with van der Waals surface area (Å²) in [5.41, 5.74) is 0. The Morgan fingerprint density at radius 3 is 0.653 bits per heavy atom. The number of ether oxygens (including phenoxy) is 3. The lowest BCUT2D eigenvalue weighted by Crippen LogP contribution is -2.30. The van der Waals surface area contributed by atoms with Crippen LogP contribution in [0.2, 0.25) is 0 Å². The highest BCUT2D eigenvalue weighted by Crippen LogP contribution is 2.20. The predicted octanol–water partition coefficient (Wildman–Crippen LogP) is 21.8. The number of carbonyl (C=O) groups is 3. The zero-order chi connectivity index (χ0) is 52.6. The van der Waals surface area contributed by atoms with Crippen molar-refractivity contribution in [1.82, 2.24) is 0 Å². The van der Waals surface area contributed by atoms with Crippen molar-refractivity contribution < 1.29 is 28.6 Å². The average molecular weight is 1020 g/mol. The first-order chi connectivity index (χ1) is 35.2. The van der Waals surface area contributed by atoms with E-state index in [0.717, 1.165) is 75.5 Å². The van der Waals surface area contributed by atoms with Crippen LogP contribution >= 0.6 is 0 Å². The number of hydrogen-bond donors (Lipinski definition) is 0. The molecule has 0 heterocycles. The minimum atomic E-state index is -0.765. The van der Waals surface area contributed by atoms with Crippen molar-refractivity contribution >= 4 is 17.9 Å². The van der Waals surface area contributed by atoms with E-state index in [0.29, 0.717) is 19.3 Å². The Labute approximate surface area is 450 Å². The van der Waals surface area contributed by atoms with Gasteiger partial charge in [0.25, 0.3) is 0 Å². The Kier molecular flexibility index (Phi) is 55.9. The lowest BCUT2D eigenvalue weighted by atomic mass is 9.99. The molecule has 0 radical (unpaired) electrons. The Balaban J connectivity index is 4.26. The fourth-order valence-electron chi connectivity index (χ4n) is 10.1. The minimum Gasteiger partial charge on any atom is -0.462 e. The first kappa shape index (κ1) is 70.4. The molecule has 0 aromatic rings. The van der Waals surface area contributed by atoms with Crippen molar-refractivity contribution in [1.29, 1.82) is 0 Å². The van der Waals surface area contributed by atoms with Gasteiger partial charge in [-0.3, -0.25) is 14.4 Å². The molecular formula is C66H128O6. The second-order valence-corrected chi connectivity index (χ2v) is 23.5. The molecule has 0 aliphatic rings. The zero-order valence-electron chi connectivity index (χ0n) is 49.7. The molecule has 0 aliphatic heterocycles. The monoisotopic (exact) mass is 1020 g/mol. The molecule has 6 heteroatoms. The summed E-state index contributed by atoms with van der Waals surface area (Å²) in [4.78, 5) is 38.3. The van der Waals surface area contributed by atoms with Gasteiger partial charge in [0.1, 0.15) is 13.2 Å². The molecule has 6 nitrogen and oxygen atoms in total. The van der Waals surface area contributed by atoms with E-state index in [-0.39, 0.29) is 31.1 Å². The Morgan fingerprint density at radius 2 is 0.444 bits per heavy atom. The summed E-state index contributed by atoms with van der Waals surface area (Å²) >= 11 is 0. The first-order valence-electron chi connectivity index (χ1n) is 32.7. The van der Waals surface area contributed by atoms with Gasteiger partial charge in [-0.05, 0) is 37.0 Å². The average Bonchev–Trinajstić information content (AvgIpc) is 3.38. The quantitative estimate of drug-likeness (QED) is 0.0343. The summed E-state index contributed by atoms with van der Waals surface area (Å²) in [5, 5.41) is 0. The first-order valence-corrected chi connectivity index (χ1v) is 32.7. The van der Waals surface area contributed by atoms with Crippen molar-refractivity contribution in [2.24, 2.45) is 17.8 Å². The smallest absolute Gasteiger partial charge is 0.306 e. The molecule has 0 fully saturated rings. The topological polar surface area (TPSA) is 78.9 Å². The van der Waals surface area contributed by atoms with Gasteiger partial charge < -0.3 is 14.2 Å². The van der Waals surface area contributed by atoms with Crippen molar-refractivity contribution in [3.8, 4) is 0 Å². The van der Waals surface area contributed by atoms with Gasteiger partial charge in [0.2, 0.25) is 0 Å². The van der Waals surface area contributed by atoms with Crippen LogP contribution in [0.1, 0.15) is 369 Å². The van der Waals surface area contributed by atoms with Crippen LogP contribution in [0, 0.1) is 17.8 Å². The van der Waals surface area contributed by atoms with E-state index in [1.54, 1.807) is 0 Å². The molecule has 428 valence electrons. The van der Waals surface area contributed by atoms with E-state index in [1.807, 2.05) is 0 Å². The maximum Gasteiger partial charge on any atom is 0.306 e. The van der Waals surface area contributed by atoms with Crippen LogP contribution in [0.4, 0.5) is 0 Å². The molecule has 0 saturated carbocycles. The molecule has 0 rings (SSSR count). The van der Waals surface area contributed by atoms with E-state index >= 15 is 0 Å². The van der Waals surface area contributed by atoms with Crippen LogP contribution in [0.3, 0.4) is 0 Å². The number of esters is 3. The SMILES string of the molecule is CCC(C)CCCCCCCCCCCCCCCCCCCCC(=O)OC[C@H](COC(=O)CCCCCCCCCCCCCCCCC(C)CC)OC(=O)CCCCCCCCCCCCC(C)CC. The van der Waals surface area contributed by atoms with Gasteiger partial charge in [0, 0.05) is 19.3 Å². The van der Waals surface area contributed by atoms with E-state index < -0.39 is 6.10 Å². The number of carbonyl (C=O) groups excluding carboxylic acids is 3. The van der Waals surface area contributed by atoms with Crippen molar-refractivity contribution in [3.63, 3.8) is 0 Å². The second-order valence-electron chi connectivity index (χ2n) is 23.5. The Morgan fingerprint density at radius 1 is 0.264 bits per heavy atom. The molecule has 0 aromatic heterocycles. The van der Waals surface area contributed by atoms with Crippen LogP contribution in [0.5, 0.6) is 0 Å². The molecule has 72 heavy (non-hydrogen) atoms. The highest BCUT2D eigenvalue weighted by molar-refractivity contribution is 5.71. The summed E-state index contributed by atoms with van der Waals surface area (Å²) in [6, 6.07) is 0. The predicted molar refractivity (Wildman–Crippen MR) is 312 cm³/mol. The van der Waals surface area contributed by atoms with Crippen LogP contribution < -0.4 is 0 Å². The third-order valence-electron chi connectivity index (χ3n) is 16.2. The van der Waals surface area contributed by atoms with Gasteiger partial charge in [-0.25, -0.2) is 0 Å². The fourth-order valence-corrected chi connectivity index (χ4v) is 10.1. The highest BCUT2D eigenvalue weighted by atomic mass is 16.6. The number of unbranched alkanes of at least 4 members (excludes halogenated alkanes) is 39. The summed E-state index contributed by atoms with van der Waals surface area (Å²) in [6.45, 7) is 13.9. The highest BCUT2D eigenvalue weighted by Gasteiger charge is 2.20. The standard InChI is InChI=1S/C66H128O6/c1-7-60(4)52-46-40-34-28-22-18-14-12-10-11-13-15-20-24-31-37-43-49-55-64(67)70-58-63(72-66(69)57-51-45-39-33-27-26-30-36-42-48-54-62(6)9-3)59-71-65(68)56-50-44-38-32-25-21-17-16-19-23-29-35-41-47-53-61(5)8-2/h60-63H,7-59H2,1-6H3/t60?,61?,62?,63-/m1/s1. The van der Waals surface area contributed by atoms with Gasteiger partial charge in [-0.15, -0.1) is 0 Å². The summed E-state index contributed by atoms with van der Waals surface area (Å²) in [6.07, 6.45) is 62.3. The van der Waals surface area contributed by atoms with Crippen molar-refractivity contribution in [2.45, 2.75) is 375 Å². The summed E-state index contributed by atoms with van der Waals surface area (Å²) < 4.78 is 17.0. The Bertz CT molecular complexity index is 1120. The van der Waals surface area contributed by atoms with Crippen LogP contribution in [-0.2, 0) is 28.6 Å². The summed E-state index contributed by atoms with van der Waals surface area (Å²) in [5.74, 6) is 1.84. The van der Waals surface area contributed by atoms with Gasteiger partial charge >= 0.3 is 17.9 Å². The molecule has 0 N–H and O–H groups in total. The molecule has 0 amide bonds. The molecular weight excluding hydrogens is 889 g/mol. The molecule has 3 unspecified atom stereocenters. The molecule has 0 aliphatic carbocycles. The molecule has 0 bridgehead atoms. The van der Waals surface area contributed by atoms with Crippen molar-refractivity contribution in [3.05, 3.63) is 0 Å². The molecule has 0 aromatic carbocycles. The van der Waals surface area contributed by atoms with Gasteiger partial charge in [0.15, 0.2) is 6.10 Å². The van der Waals surface area contributed by atoms with Crippen LogP contribution in [0.25, 0.3) is 0 Å². The van der Waals surface area contributed by atoms with E-state index in [4.69, 9.17) is 14.2 Å². The van der Waals surface area contributed by atoms with E-state index in [1.165, 1.54) is 250 Å². The Hall–Kier alpha value is -1.59. The normalized spacial score (nSPS) is 13.2. The number of rotatable bonds is 59. The zero-order valence-corrected chi connectivity index (χ0v) is 49.7. The lowest BCUT2D eigenvalue weighted by molar-refractivity contribution is -0.167. The molecule has 4 atom stereocenters. The van der Waals surface area contributed by atoms with Gasteiger partial charge in [-0.2, -0.15) is 0 Å².